The largest absolute Gasteiger partial charge is 0.461 e. The third-order valence-corrected chi connectivity index (χ3v) is 2.11. The maximum atomic E-state index is 12.4. The summed E-state index contributed by atoms with van der Waals surface area (Å²) in [6.07, 6.45) is -5.84. The van der Waals surface area contributed by atoms with Crippen LogP contribution in [0.5, 0.6) is 0 Å². The molecular formula is C7H3F5OS. The Morgan fingerprint density at radius 1 is 1.21 bits per heavy atom. The highest BCUT2D eigenvalue weighted by Crippen LogP contribution is 2.38. The highest BCUT2D eigenvalue weighted by atomic mass is 32.1. The number of carbonyl (C=O) groups excluding carboxylic acids is 1. The molecule has 0 aliphatic heterocycles. The third kappa shape index (κ3) is 1.77. The normalized spacial score (nSPS) is 12.9. The van der Waals surface area contributed by atoms with Crippen molar-refractivity contribution in [3.05, 3.63) is 22.4 Å². The molecule has 0 radical (unpaired) electrons. The topological polar surface area (TPSA) is 17.1 Å². The first kappa shape index (κ1) is 11.1. The lowest BCUT2D eigenvalue weighted by atomic mass is 10.1. The molecule has 0 saturated heterocycles. The highest BCUT2D eigenvalue weighted by molar-refractivity contribution is 7.08. The quantitative estimate of drug-likeness (QED) is 0.563. The molecule has 7 heteroatoms. The smallest absolute Gasteiger partial charge is 0.287 e. The van der Waals surface area contributed by atoms with Crippen LogP contribution in [0, 0.1) is 0 Å². The van der Waals surface area contributed by atoms with Gasteiger partial charge in [0.15, 0.2) is 0 Å². The predicted octanol–water partition coefficient (Wildman–Crippen LogP) is 3.13. The average Bonchev–Trinajstić information content (AvgIpc) is 2.52. The van der Waals surface area contributed by atoms with Gasteiger partial charge in [-0.25, -0.2) is 0 Å². The molecule has 1 aromatic heterocycles. The van der Waals surface area contributed by atoms with Crippen LogP contribution >= 0.6 is 11.3 Å². The minimum atomic E-state index is -5.84. The molecule has 1 aromatic rings. The molecule has 0 fully saturated rings. The third-order valence-electron chi connectivity index (χ3n) is 1.42. The Morgan fingerprint density at radius 2 is 1.79 bits per heavy atom. The number of ketones is 1. The second-order valence-electron chi connectivity index (χ2n) is 2.41. The van der Waals surface area contributed by atoms with E-state index in [4.69, 9.17) is 0 Å². The fraction of sp³-hybridized carbons (Fsp3) is 0.286. The minimum absolute atomic E-state index is 0.627. The Hall–Kier alpha value is -0.980. The van der Waals surface area contributed by atoms with Crippen molar-refractivity contribution in [1.82, 2.24) is 0 Å². The number of hydrogen-bond acceptors (Lipinski definition) is 2. The Bertz CT molecular complexity index is 326. The predicted molar refractivity (Wildman–Crippen MR) is 39.7 cm³/mol. The number of Topliss-reactive ketones (excluding diaryl/α,β-unsaturated/α-hetero) is 1. The summed E-state index contributed by atoms with van der Waals surface area (Å²) in [5, 5.41) is 2.20. The lowest BCUT2D eigenvalue weighted by Gasteiger charge is -2.17. The molecule has 1 nitrogen and oxygen atoms in total. The minimum Gasteiger partial charge on any atom is -0.287 e. The van der Waals surface area contributed by atoms with Gasteiger partial charge in [0.05, 0.1) is 0 Å². The van der Waals surface area contributed by atoms with Crippen molar-refractivity contribution >= 4 is 17.1 Å². The van der Waals surface area contributed by atoms with Crippen LogP contribution in [-0.4, -0.2) is 17.9 Å². The zero-order chi connectivity index (χ0) is 11.0. The van der Waals surface area contributed by atoms with Gasteiger partial charge in [0.2, 0.25) is 5.78 Å². The molecule has 0 unspecified atom stereocenters. The molecule has 0 amide bonds. The Labute approximate surface area is 79.2 Å². The van der Waals surface area contributed by atoms with Gasteiger partial charge < -0.3 is 0 Å². The van der Waals surface area contributed by atoms with Gasteiger partial charge in [-0.2, -0.15) is 33.3 Å². The molecule has 1 rings (SSSR count). The Kier molecular flexibility index (Phi) is 2.62. The summed E-state index contributed by atoms with van der Waals surface area (Å²) in [7, 11) is 0. The van der Waals surface area contributed by atoms with E-state index in [1.165, 1.54) is 5.38 Å². The molecule has 14 heavy (non-hydrogen) atoms. The SMILES string of the molecule is O=C(c1ccsc1)C(F)(F)C(F)(F)F. The first-order valence-electron chi connectivity index (χ1n) is 3.28. The van der Waals surface area contributed by atoms with E-state index < -0.39 is 23.4 Å². The number of carbonyl (C=O) groups is 1. The van der Waals surface area contributed by atoms with Gasteiger partial charge in [-0.3, -0.25) is 4.79 Å². The van der Waals surface area contributed by atoms with Crippen LogP contribution in [0.15, 0.2) is 16.8 Å². The molecule has 0 N–H and O–H groups in total. The number of thiophene rings is 1. The maximum absolute atomic E-state index is 12.4. The fourth-order valence-corrected chi connectivity index (χ4v) is 1.34. The summed E-state index contributed by atoms with van der Waals surface area (Å²) >= 11 is 0.873. The zero-order valence-corrected chi connectivity index (χ0v) is 7.25. The van der Waals surface area contributed by atoms with Gasteiger partial charge in [0.1, 0.15) is 0 Å². The van der Waals surface area contributed by atoms with Gasteiger partial charge in [-0.15, -0.1) is 0 Å². The number of halogens is 5. The van der Waals surface area contributed by atoms with Gasteiger partial charge in [-0.05, 0) is 11.4 Å². The van der Waals surface area contributed by atoms with E-state index in [0.29, 0.717) is 0 Å². The van der Waals surface area contributed by atoms with Crippen molar-refractivity contribution < 1.29 is 26.7 Å². The van der Waals surface area contributed by atoms with Crippen molar-refractivity contribution in [2.24, 2.45) is 0 Å². The summed E-state index contributed by atoms with van der Waals surface area (Å²) in [5.74, 6) is -7.53. The summed E-state index contributed by atoms with van der Waals surface area (Å²) in [5.41, 5.74) is -0.627. The molecule has 0 spiro atoms. The second-order valence-corrected chi connectivity index (χ2v) is 3.19. The van der Waals surface area contributed by atoms with Crippen molar-refractivity contribution in [3.8, 4) is 0 Å². The second kappa shape index (κ2) is 3.30. The monoisotopic (exact) mass is 230 g/mol. The first-order chi connectivity index (χ1) is 6.27. The number of hydrogen-bond donors (Lipinski definition) is 0. The van der Waals surface area contributed by atoms with Crippen LogP contribution in [0.4, 0.5) is 22.0 Å². The van der Waals surface area contributed by atoms with E-state index in [1.807, 2.05) is 0 Å². The molecule has 0 saturated carbocycles. The average molecular weight is 230 g/mol. The fourth-order valence-electron chi connectivity index (χ4n) is 0.704. The van der Waals surface area contributed by atoms with E-state index in [2.05, 4.69) is 0 Å². The van der Waals surface area contributed by atoms with Crippen LogP contribution in [0.2, 0.25) is 0 Å². The number of alkyl halides is 5. The van der Waals surface area contributed by atoms with Crippen LogP contribution in [-0.2, 0) is 0 Å². The summed E-state index contributed by atoms with van der Waals surface area (Å²) < 4.78 is 60.0. The van der Waals surface area contributed by atoms with E-state index in [-0.39, 0.29) is 0 Å². The van der Waals surface area contributed by atoms with Crippen LogP contribution in [0.1, 0.15) is 10.4 Å². The van der Waals surface area contributed by atoms with Crippen molar-refractivity contribution in [2.45, 2.75) is 12.1 Å². The zero-order valence-electron chi connectivity index (χ0n) is 6.44. The number of rotatable bonds is 2. The maximum Gasteiger partial charge on any atom is 0.461 e. The van der Waals surface area contributed by atoms with Gasteiger partial charge >= 0.3 is 12.1 Å². The van der Waals surface area contributed by atoms with Crippen molar-refractivity contribution in [1.29, 1.82) is 0 Å². The molecule has 0 bridgehead atoms. The molecule has 1 heterocycles. The molecule has 0 aliphatic carbocycles. The van der Waals surface area contributed by atoms with E-state index in [0.717, 1.165) is 22.8 Å². The lowest BCUT2D eigenvalue weighted by molar-refractivity contribution is -0.255. The molecular weight excluding hydrogens is 227 g/mol. The summed E-state index contributed by atoms with van der Waals surface area (Å²) in [4.78, 5) is 10.7. The molecule has 0 aliphatic rings. The first-order valence-corrected chi connectivity index (χ1v) is 4.22. The molecule has 0 atom stereocenters. The van der Waals surface area contributed by atoms with E-state index >= 15 is 0 Å². The van der Waals surface area contributed by atoms with E-state index in [1.54, 1.807) is 0 Å². The standard InChI is InChI=1S/C7H3F5OS/c8-6(9,7(10,11)12)5(13)4-1-2-14-3-4/h1-3H. The summed E-state index contributed by atoms with van der Waals surface area (Å²) in [6, 6.07) is 0.923. The lowest BCUT2D eigenvalue weighted by Crippen LogP contribution is -2.43. The summed E-state index contributed by atoms with van der Waals surface area (Å²) in [6.45, 7) is 0. The van der Waals surface area contributed by atoms with Gasteiger partial charge in [0.25, 0.3) is 0 Å². The van der Waals surface area contributed by atoms with Crippen molar-refractivity contribution in [2.75, 3.05) is 0 Å². The van der Waals surface area contributed by atoms with Gasteiger partial charge in [-0.1, -0.05) is 0 Å². The van der Waals surface area contributed by atoms with Crippen LogP contribution < -0.4 is 0 Å². The van der Waals surface area contributed by atoms with Crippen LogP contribution in [0.25, 0.3) is 0 Å². The van der Waals surface area contributed by atoms with Gasteiger partial charge in [0, 0.05) is 10.9 Å². The molecule has 78 valence electrons. The molecule has 0 aromatic carbocycles. The Balaban J connectivity index is 3.01. The van der Waals surface area contributed by atoms with Crippen LogP contribution in [0.3, 0.4) is 0 Å². The van der Waals surface area contributed by atoms with E-state index in [9.17, 15) is 26.7 Å². The van der Waals surface area contributed by atoms with Crippen molar-refractivity contribution in [3.63, 3.8) is 0 Å². The highest BCUT2D eigenvalue weighted by Gasteiger charge is 2.63. The Morgan fingerprint density at radius 3 is 2.14 bits per heavy atom.